The fourth-order valence-electron chi connectivity index (χ4n) is 5.92. The summed E-state index contributed by atoms with van der Waals surface area (Å²) in [6, 6.07) is 5.70. The molecule has 0 spiro atoms. The normalized spacial score (nSPS) is 24.3. The topological polar surface area (TPSA) is 23.6 Å². The van der Waals surface area contributed by atoms with Gasteiger partial charge in [-0.05, 0) is 74.3 Å². The highest BCUT2D eigenvalue weighted by molar-refractivity contribution is 5.95. The number of benzene rings is 1. The molecule has 1 saturated heterocycles. The zero-order chi connectivity index (χ0) is 24.0. The lowest BCUT2D eigenvalue weighted by Gasteiger charge is -2.37. The van der Waals surface area contributed by atoms with Crippen molar-refractivity contribution >= 4 is 11.5 Å². The maximum atomic E-state index is 13.0. The van der Waals surface area contributed by atoms with E-state index in [9.17, 15) is 18.0 Å². The van der Waals surface area contributed by atoms with Crippen LogP contribution in [0.2, 0.25) is 0 Å². The number of nitrogens with zero attached hydrogens (tertiary/aromatic N) is 2. The van der Waals surface area contributed by atoms with Crippen molar-refractivity contribution < 1.29 is 18.0 Å². The summed E-state index contributed by atoms with van der Waals surface area (Å²) in [5.74, 6) is 1.97. The molecule has 3 nitrogen and oxygen atoms in total. The number of hydrogen-bond donors (Lipinski definition) is 0. The summed E-state index contributed by atoms with van der Waals surface area (Å²) >= 11 is 0. The monoisotopic (exact) mass is 476 g/mol. The van der Waals surface area contributed by atoms with E-state index in [1.807, 2.05) is 0 Å². The van der Waals surface area contributed by atoms with Crippen LogP contribution in [-0.4, -0.2) is 43.4 Å². The van der Waals surface area contributed by atoms with Crippen LogP contribution in [0, 0.1) is 11.8 Å². The third kappa shape index (κ3) is 7.10. The van der Waals surface area contributed by atoms with Gasteiger partial charge in [0.05, 0.1) is 5.56 Å². The summed E-state index contributed by atoms with van der Waals surface area (Å²) in [6.07, 6.45) is 10.5. The second kappa shape index (κ2) is 11.7. The predicted molar refractivity (Wildman–Crippen MR) is 131 cm³/mol. The van der Waals surface area contributed by atoms with E-state index in [1.165, 1.54) is 50.7 Å². The van der Waals surface area contributed by atoms with Gasteiger partial charge in [-0.25, -0.2) is 0 Å². The Morgan fingerprint density at radius 3 is 2.32 bits per heavy atom. The van der Waals surface area contributed by atoms with Gasteiger partial charge in [-0.1, -0.05) is 44.2 Å². The summed E-state index contributed by atoms with van der Waals surface area (Å²) in [6.45, 7) is 4.48. The first-order valence-electron chi connectivity index (χ1n) is 13.3. The first-order chi connectivity index (χ1) is 16.4. The first kappa shape index (κ1) is 25.3. The van der Waals surface area contributed by atoms with Crippen LogP contribution in [0.15, 0.2) is 35.9 Å². The third-order valence-corrected chi connectivity index (χ3v) is 8.15. The maximum absolute atomic E-state index is 13.0. The van der Waals surface area contributed by atoms with Gasteiger partial charge in [-0.3, -0.25) is 9.69 Å². The number of allylic oxidation sites excluding steroid dienone is 2. The minimum absolute atomic E-state index is 0.388. The van der Waals surface area contributed by atoms with Crippen molar-refractivity contribution in [3.05, 3.63) is 41.5 Å². The van der Waals surface area contributed by atoms with Gasteiger partial charge in [0.2, 0.25) is 0 Å². The van der Waals surface area contributed by atoms with Crippen LogP contribution in [0.1, 0.15) is 76.2 Å². The van der Waals surface area contributed by atoms with E-state index in [0.29, 0.717) is 11.5 Å². The fourth-order valence-corrected chi connectivity index (χ4v) is 5.92. The molecular weight excluding hydrogens is 437 g/mol. The van der Waals surface area contributed by atoms with Crippen LogP contribution >= 0.6 is 0 Å². The van der Waals surface area contributed by atoms with Crippen molar-refractivity contribution in [1.29, 1.82) is 0 Å². The Morgan fingerprint density at radius 1 is 0.971 bits per heavy atom. The Labute approximate surface area is 202 Å². The van der Waals surface area contributed by atoms with Crippen molar-refractivity contribution in [3.8, 4) is 0 Å². The number of carbonyl (C=O) groups excluding carboxylic acids is 1. The van der Waals surface area contributed by atoms with Gasteiger partial charge in [0, 0.05) is 38.3 Å². The van der Waals surface area contributed by atoms with Crippen molar-refractivity contribution in [1.82, 2.24) is 4.90 Å². The SMILES string of the molecule is O=C(CCCC1CCC(CCN2CCN(c3cccc(C(F)(F)F)c3)CC2)CC1)C1=CCCC1. The second-order valence-electron chi connectivity index (χ2n) is 10.5. The molecule has 34 heavy (non-hydrogen) atoms. The van der Waals surface area contributed by atoms with Gasteiger partial charge >= 0.3 is 6.18 Å². The Bertz CT molecular complexity index is 834. The number of anilines is 1. The first-order valence-corrected chi connectivity index (χ1v) is 13.3. The number of carbonyl (C=O) groups is 1. The van der Waals surface area contributed by atoms with Gasteiger partial charge in [0.25, 0.3) is 0 Å². The van der Waals surface area contributed by atoms with Crippen LogP contribution in [-0.2, 0) is 11.0 Å². The summed E-state index contributed by atoms with van der Waals surface area (Å²) in [4.78, 5) is 16.8. The Hall–Kier alpha value is -1.82. The van der Waals surface area contributed by atoms with E-state index in [4.69, 9.17) is 0 Å². The minimum atomic E-state index is -4.29. The van der Waals surface area contributed by atoms with Crippen LogP contribution < -0.4 is 4.90 Å². The Morgan fingerprint density at radius 2 is 1.68 bits per heavy atom. The molecule has 0 bridgehead atoms. The lowest BCUT2D eigenvalue weighted by Crippen LogP contribution is -2.47. The number of ketones is 1. The molecule has 188 valence electrons. The fraction of sp³-hybridized carbons (Fsp3) is 0.679. The van der Waals surface area contributed by atoms with Crippen molar-refractivity contribution in [2.75, 3.05) is 37.6 Å². The number of halogens is 3. The summed E-state index contributed by atoms with van der Waals surface area (Å²) < 4.78 is 39.0. The largest absolute Gasteiger partial charge is 0.416 e. The average Bonchev–Trinajstić information content (AvgIpc) is 3.39. The molecule has 0 unspecified atom stereocenters. The highest BCUT2D eigenvalue weighted by Gasteiger charge is 2.31. The standard InChI is InChI=1S/C28H39F3N2O/c29-28(30,31)25-8-4-9-26(21-25)33-19-17-32(18-20-33)16-15-23-13-11-22(12-14-23)5-3-10-27(34)24-6-1-2-7-24/h4,6,8-9,21-23H,1-3,5,7,10-20H2. The molecule has 0 amide bonds. The molecule has 0 radical (unpaired) electrons. The van der Waals surface area contributed by atoms with Gasteiger partial charge in [0.1, 0.15) is 0 Å². The Balaban J connectivity index is 1.10. The maximum Gasteiger partial charge on any atom is 0.416 e. The number of hydrogen-bond acceptors (Lipinski definition) is 3. The molecule has 0 N–H and O–H groups in total. The number of Topliss-reactive ketones (excluding diaryl/α,β-unsaturated/α-hetero) is 1. The van der Waals surface area contributed by atoms with E-state index in [1.54, 1.807) is 6.07 Å². The molecule has 1 aromatic rings. The van der Waals surface area contributed by atoms with Crippen molar-refractivity contribution in [2.45, 2.75) is 76.8 Å². The van der Waals surface area contributed by atoms with Gasteiger partial charge in [0.15, 0.2) is 5.78 Å². The molecule has 1 aliphatic heterocycles. The molecule has 6 heteroatoms. The molecule has 1 aromatic carbocycles. The lowest BCUT2D eigenvalue weighted by molar-refractivity contribution is -0.137. The molecule has 0 atom stereocenters. The second-order valence-corrected chi connectivity index (χ2v) is 10.5. The van der Waals surface area contributed by atoms with Crippen molar-refractivity contribution in [2.24, 2.45) is 11.8 Å². The van der Waals surface area contributed by atoms with E-state index >= 15 is 0 Å². The molecule has 2 fully saturated rings. The molecule has 4 rings (SSSR count). The van der Waals surface area contributed by atoms with Crippen LogP contribution in [0.25, 0.3) is 0 Å². The molecule has 1 saturated carbocycles. The zero-order valence-electron chi connectivity index (χ0n) is 20.3. The molecule has 3 aliphatic rings. The highest BCUT2D eigenvalue weighted by Crippen LogP contribution is 2.35. The van der Waals surface area contributed by atoms with Crippen LogP contribution in [0.5, 0.6) is 0 Å². The quantitative estimate of drug-likeness (QED) is 0.388. The zero-order valence-corrected chi connectivity index (χ0v) is 20.3. The minimum Gasteiger partial charge on any atom is -0.369 e. The van der Waals surface area contributed by atoms with Gasteiger partial charge in [-0.15, -0.1) is 0 Å². The van der Waals surface area contributed by atoms with E-state index in [2.05, 4.69) is 15.9 Å². The summed E-state index contributed by atoms with van der Waals surface area (Å²) in [5, 5.41) is 0. The molecular formula is C28H39F3N2O. The van der Waals surface area contributed by atoms with E-state index in [-0.39, 0.29) is 0 Å². The average molecular weight is 477 g/mol. The summed E-state index contributed by atoms with van der Waals surface area (Å²) in [5.41, 5.74) is 1.19. The lowest BCUT2D eigenvalue weighted by atomic mass is 9.78. The van der Waals surface area contributed by atoms with Crippen molar-refractivity contribution in [3.63, 3.8) is 0 Å². The van der Waals surface area contributed by atoms with Gasteiger partial charge < -0.3 is 4.90 Å². The molecule has 2 aliphatic carbocycles. The molecule has 0 aromatic heterocycles. The molecule has 1 heterocycles. The van der Waals surface area contributed by atoms with E-state index < -0.39 is 11.7 Å². The highest BCUT2D eigenvalue weighted by atomic mass is 19.4. The smallest absolute Gasteiger partial charge is 0.369 e. The Kier molecular flexibility index (Phi) is 8.73. The van der Waals surface area contributed by atoms with E-state index in [0.717, 1.165) is 88.3 Å². The summed E-state index contributed by atoms with van der Waals surface area (Å²) in [7, 11) is 0. The van der Waals surface area contributed by atoms with Crippen LogP contribution in [0.3, 0.4) is 0 Å². The third-order valence-electron chi connectivity index (χ3n) is 8.15. The van der Waals surface area contributed by atoms with Crippen LogP contribution in [0.4, 0.5) is 18.9 Å². The number of rotatable bonds is 9. The van der Waals surface area contributed by atoms with Gasteiger partial charge in [-0.2, -0.15) is 13.2 Å². The number of alkyl halides is 3. The number of piperazine rings is 1. The predicted octanol–water partition coefficient (Wildman–Crippen LogP) is 6.87.